The van der Waals surface area contributed by atoms with Crippen molar-refractivity contribution in [2.75, 3.05) is 6.54 Å². The number of rotatable bonds is 4. The first-order valence-corrected chi connectivity index (χ1v) is 9.63. The van der Waals surface area contributed by atoms with Crippen molar-refractivity contribution in [2.45, 2.75) is 45.2 Å². The molecule has 0 aliphatic carbocycles. The summed E-state index contributed by atoms with van der Waals surface area (Å²) in [6, 6.07) is 5.47. The van der Waals surface area contributed by atoms with Crippen LogP contribution in [0.15, 0.2) is 16.9 Å². The van der Waals surface area contributed by atoms with Gasteiger partial charge in [-0.2, -0.15) is 10.5 Å². The molecule has 8 nitrogen and oxygen atoms in total. The lowest BCUT2D eigenvalue weighted by Gasteiger charge is -2.23. The van der Waals surface area contributed by atoms with E-state index in [0.29, 0.717) is 23.9 Å². The third kappa shape index (κ3) is 3.92. The summed E-state index contributed by atoms with van der Waals surface area (Å²) in [7, 11) is 0. The largest absolute Gasteiger partial charge is 0.347 e. The van der Waals surface area contributed by atoms with Crippen molar-refractivity contribution >= 4 is 16.8 Å². The molecule has 2 unspecified atom stereocenters. The molecule has 0 radical (unpaired) electrons. The van der Waals surface area contributed by atoms with Gasteiger partial charge in [-0.05, 0) is 38.0 Å². The maximum atomic E-state index is 14.0. The minimum atomic E-state index is -0.701. The summed E-state index contributed by atoms with van der Waals surface area (Å²) in [4.78, 5) is 39.9. The molecule has 3 atom stereocenters. The Morgan fingerprint density at radius 1 is 1.40 bits per heavy atom. The number of aromatic amines is 1. The van der Waals surface area contributed by atoms with Crippen LogP contribution in [0.2, 0.25) is 0 Å². The number of hydrogen-bond donors (Lipinski definition) is 2. The van der Waals surface area contributed by atoms with Crippen molar-refractivity contribution in [1.82, 2.24) is 10.3 Å². The Bertz CT molecular complexity index is 1170. The molecule has 1 amide bonds. The summed E-state index contributed by atoms with van der Waals surface area (Å²) in [6.07, 6.45) is 0.810. The second-order valence-corrected chi connectivity index (χ2v) is 7.62. The van der Waals surface area contributed by atoms with E-state index in [1.54, 1.807) is 19.9 Å². The maximum Gasteiger partial charge on any atom is 0.252 e. The number of pyridine rings is 1. The van der Waals surface area contributed by atoms with E-state index in [0.717, 1.165) is 10.8 Å². The number of piperidine rings is 1. The summed E-state index contributed by atoms with van der Waals surface area (Å²) in [6.45, 7) is 3.39. The van der Waals surface area contributed by atoms with Crippen LogP contribution in [0.4, 0.5) is 4.39 Å². The number of carbonyl (C=O) groups is 1. The van der Waals surface area contributed by atoms with Crippen molar-refractivity contribution in [3.8, 4) is 12.1 Å². The quantitative estimate of drug-likeness (QED) is 0.745. The highest BCUT2D eigenvalue weighted by Gasteiger charge is 2.39. The monoisotopic (exact) mass is 410 g/mol. The summed E-state index contributed by atoms with van der Waals surface area (Å²) in [5.74, 6) is -1.47. The van der Waals surface area contributed by atoms with Crippen molar-refractivity contribution in [3.63, 3.8) is 0 Å². The second kappa shape index (κ2) is 8.42. The van der Waals surface area contributed by atoms with E-state index in [1.807, 2.05) is 0 Å². The highest BCUT2D eigenvalue weighted by Crippen LogP contribution is 2.24. The molecule has 9 heteroatoms. The molecule has 2 aromatic rings. The summed E-state index contributed by atoms with van der Waals surface area (Å²) >= 11 is 0. The number of hydrogen-bond acceptors (Lipinski definition) is 5. The molecular weight excluding hydrogens is 389 g/mol. The first-order chi connectivity index (χ1) is 14.3. The van der Waals surface area contributed by atoms with Gasteiger partial charge in [0.2, 0.25) is 18.5 Å². The number of amides is 1. The van der Waals surface area contributed by atoms with Gasteiger partial charge in [-0.1, -0.05) is 0 Å². The standard InChI is InChI=1S/C21H20FN5O3/c1-11-14(21(29)26-17-5-4-16(22)15(9-24)20(11)17)7-19(28)25-12(2)18-6-3-13(8-23)10-27(18)30/h4-5,12-13,18H,3,6-7,10H2,1-2H3,(H-,25,26,28,29)/p+1/t12-,13?,18?/m1/s1. The van der Waals surface area contributed by atoms with Crippen molar-refractivity contribution in [2.24, 2.45) is 5.92 Å². The molecule has 1 saturated heterocycles. The molecule has 2 heterocycles. The zero-order chi connectivity index (χ0) is 22.0. The molecule has 1 aliphatic rings. The van der Waals surface area contributed by atoms with Crippen LogP contribution >= 0.6 is 0 Å². The number of aromatic nitrogens is 1. The van der Waals surface area contributed by atoms with Crippen LogP contribution in [0.3, 0.4) is 0 Å². The van der Waals surface area contributed by atoms with E-state index in [9.17, 15) is 24.1 Å². The topological polar surface area (TPSA) is 130 Å². The summed E-state index contributed by atoms with van der Waals surface area (Å²) in [5.41, 5.74) is 0.157. The number of halogens is 1. The smallest absolute Gasteiger partial charge is 0.252 e. The molecule has 3 rings (SSSR count). The van der Waals surface area contributed by atoms with Gasteiger partial charge in [0.25, 0.3) is 5.56 Å². The number of nitroso groups, excluding NO2 is 1. The fourth-order valence-electron chi connectivity index (χ4n) is 4.04. The number of H-pyrrole nitrogens is 1. The maximum absolute atomic E-state index is 14.0. The Hall–Kier alpha value is -3.59. The van der Waals surface area contributed by atoms with Crippen LogP contribution < -0.4 is 10.9 Å². The fraction of sp³-hybridized carbons (Fsp3) is 0.429. The van der Waals surface area contributed by atoms with E-state index in [4.69, 9.17) is 5.26 Å². The molecule has 0 saturated carbocycles. The van der Waals surface area contributed by atoms with E-state index in [1.165, 1.54) is 6.07 Å². The number of aryl methyl sites for hydroxylation is 1. The number of carbonyl (C=O) groups excluding carboxylic acids is 1. The average Bonchev–Trinajstić information content (AvgIpc) is 2.71. The van der Waals surface area contributed by atoms with E-state index >= 15 is 0 Å². The number of nitrogens with zero attached hydrogens (tertiary/aromatic N) is 3. The van der Waals surface area contributed by atoms with Gasteiger partial charge in [-0.3, -0.25) is 9.59 Å². The number of benzene rings is 1. The molecule has 1 aromatic carbocycles. The minimum absolute atomic E-state index is 0.104. The van der Waals surface area contributed by atoms with E-state index in [-0.39, 0.29) is 35.4 Å². The van der Waals surface area contributed by atoms with Crippen LogP contribution in [-0.4, -0.2) is 34.3 Å². The van der Waals surface area contributed by atoms with Crippen molar-refractivity contribution < 1.29 is 13.9 Å². The lowest BCUT2D eigenvalue weighted by atomic mass is 9.92. The van der Waals surface area contributed by atoms with Gasteiger partial charge in [0.1, 0.15) is 17.8 Å². The van der Waals surface area contributed by atoms with Gasteiger partial charge >= 0.3 is 0 Å². The van der Waals surface area contributed by atoms with Gasteiger partial charge < -0.3 is 10.3 Å². The Morgan fingerprint density at radius 3 is 2.77 bits per heavy atom. The van der Waals surface area contributed by atoms with Gasteiger partial charge in [-0.15, -0.1) is 0 Å². The van der Waals surface area contributed by atoms with Crippen LogP contribution in [0.25, 0.3) is 10.9 Å². The molecular formula is C21H21FN5O3+. The highest BCUT2D eigenvalue weighted by molar-refractivity contribution is 5.90. The molecule has 1 fully saturated rings. The van der Waals surface area contributed by atoms with E-state index < -0.39 is 29.4 Å². The number of nitriles is 2. The molecule has 2 N–H and O–H groups in total. The molecule has 30 heavy (non-hydrogen) atoms. The van der Waals surface area contributed by atoms with Crippen molar-refractivity contribution in [1.29, 1.82) is 10.5 Å². The Labute approximate surface area is 171 Å². The van der Waals surface area contributed by atoms with Crippen LogP contribution in [0.5, 0.6) is 0 Å². The summed E-state index contributed by atoms with van der Waals surface area (Å²) < 4.78 is 14.8. The SMILES string of the molecule is Cc1c(CC(=O)N[C@H](C)C2CCC(C#N)C[N+]2=O)c(=O)[nH]c2ccc(F)c(C#N)c12. The van der Waals surface area contributed by atoms with Crippen LogP contribution in [0, 0.1) is 46.2 Å². The molecule has 0 bridgehead atoms. The van der Waals surface area contributed by atoms with Gasteiger partial charge in [0.05, 0.1) is 29.6 Å². The van der Waals surface area contributed by atoms with Gasteiger partial charge in [-0.25, -0.2) is 4.39 Å². The number of fused-ring (bicyclic) bond motifs is 1. The number of nitrogens with one attached hydrogen (secondary N) is 2. The molecule has 154 valence electrons. The lowest BCUT2D eigenvalue weighted by Crippen LogP contribution is -2.49. The third-order valence-electron chi connectivity index (χ3n) is 5.68. The predicted molar refractivity (Wildman–Crippen MR) is 106 cm³/mol. The molecule has 1 aromatic heterocycles. The third-order valence-corrected chi connectivity index (χ3v) is 5.68. The van der Waals surface area contributed by atoms with Crippen LogP contribution in [0.1, 0.15) is 36.5 Å². The Morgan fingerprint density at radius 2 is 2.13 bits per heavy atom. The predicted octanol–water partition coefficient (Wildman–Crippen LogP) is 1.98. The first kappa shape index (κ1) is 21.1. The zero-order valence-corrected chi connectivity index (χ0v) is 16.7. The molecule has 1 aliphatic heterocycles. The van der Waals surface area contributed by atoms with Gasteiger partial charge in [0, 0.05) is 27.0 Å². The lowest BCUT2D eigenvalue weighted by molar-refractivity contribution is -0.603. The van der Waals surface area contributed by atoms with Crippen LogP contribution in [-0.2, 0) is 11.2 Å². The van der Waals surface area contributed by atoms with Crippen molar-refractivity contribution in [3.05, 3.63) is 49.9 Å². The fourth-order valence-corrected chi connectivity index (χ4v) is 4.04. The van der Waals surface area contributed by atoms with E-state index in [2.05, 4.69) is 16.4 Å². The zero-order valence-electron chi connectivity index (χ0n) is 16.7. The Balaban J connectivity index is 1.82. The summed E-state index contributed by atoms with van der Waals surface area (Å²) in [5, 5.41) is 21.3. The highest BCUT2D eigenvalue weighted by atomic mass is 19.1. The normalized spacial score (nSPS) is 19.7. The molecule has 0 spiro atoms. The first-order valence-electron chi connectivity index (χ1n) is 9.63. The van der Waals surface area contributed by atoms with Gasteiger partial charge in [0.15, 0.2) is 0 Å². The second-order valence-electron chi connectivity index (χ2n) is 7.62. The Kier molecular flexibility index (Phi) is 5.93. The average molecular weight is 410 g/mol. The minimum Gasteiger partial charge on any atom is -0.347 e.